The molecule has 0 aliphatic rings. The van der Waals surface area contributed by atoms with Crippen LogP contribution in [0.4, 0.5) is 0 Å². The number of esters is 3. The molecular weight excluding hydrogens is 444 g/mol. The molecule has 0 saturated heterocycles. The average molecular weight is 495 g/mol. The van der Waals surface area contributed by atoms with E-state index < -0.39 is 0 Å². The maximum absolute atomic E-state index is 11.0. The highest BCUT2D eigenvalue weighted by atomic mass is 16.5. The van der Waals surface area contributed by atoms with Gasteiger partial charge in [-0.2, -0.15) is 0 Å². The van der Waals surface area contributed by atoms with Gasteiger partial charge >= 0.3 is 17.9 Å². The van der Waals surface area contributed by atoms with Crippen LogP contribution in [-0.4, -0.2) is 37.7 Å². The molecule has 6 heteroatoms. The van der Waals surface area contributed by atoms with E-state index in [0.717, 1.165) is 32.1 Å². The fourth-order valence-electron chi connectivity index (χ4n) is 2.95. The molecule has 0 aliphatic heterocycles. The van der Waals surface area contributed by atoms with Crippen LogP contribution in [0.5, 0.6) is 0 Å². The number of hydrogen-bond donors (Lipinski definition) is 0. The second kappa shape index (κ2) is 26.2. The summed E-state index contributed by atoms with van der Waals surface area (Å²) in [5, 5.41) is 0. The minimum atomic E-state index is -0.342. The summed E-state index contributed by atoms with van der Waals surface area (Å²) in [4.78, 5) is 32.8. The highest BCUT2D eigenvalue weighted by molar-refractivity contribution is 5.87. The van der Waals surface area contributed by atoms with Gasteiger partial charge in [0, 0.05) is 17.2 Å². The van der Waals surface area contributed by atoms with Gasteiger partial charge in [-0.1, -0.05) is 84.4 Å². The zero-order valence-corrected chi connectivity index (χ0v) is 22.7. The summed E-state index contributed by atoms with van der Waals surface area (Å²) in [6.45, 7) is 17.2. The lowest BCUT2D eigenvalue weighted by molar-refractivity contribution is -0.140. The van der Waals surface area contributed by atoms with E-state index in [-0.39, 0.29) is 17.9 Å². The smallest absolute Gasteiger partial charge is 0.333 e. The minimum Gasteiger partial charge on any atom is -0.463 e. The first kappa shape index (κ1) is 34.8. The van der Waals surface area contributed by atoms with Crippen LogP contribution in [0, 0.1) is 0 Å². The molecule has 0 bridgehead atoms. The molecule has 0 rings (SSSR count). The Balaban J connectivity index is 0. The molecule has 6 nitrogen and oxygen atoms in total. The Kier molecular flexibility index (Phi) is 26.1. The van der Waals surface area contributed by atoms with E-state index in [1.54, 1.807) is 13.8 Å². The Labute approximate surface area is 214 Å². The van der Waals surface area contributed by atoms with Crippen LogP contribution in [0.2, 0.25) is 0 Å². The van der Waals surface area contributed by atoms with Crippen LogP contribution in [0.3, 0.4) is 0 Å². The van der Waals surface area contributed by atoms with Gasteiger partial charge < -0.3 is 14.2 Å². The summed E-state index contributed by atoms with van der Waals surface area (Å²) >= 11 is 0. The van der Waals surface area contributed by atoms with Crippen molar-refractivity contribution in [1.29, 1.82) is 0 Å². The van der Waals surface area contributed by atoms with Gasteiger partial charge in [-0.15, -0.1) is 0 Å². The summed E-state index contributed by atoms with van der Waals surface area (Å²) in [6.07, 6.45) is 17.7. The van der Waals surface area contributed by atoms with Crippen LogP contribution >= 0.6 is 0 Å². The van der Waals surface area contributed by atoms with Crippen LogP contribution in [-0.2, 0) is 28.6 Å². The van der Waals surface area contributed by atoms with Gasteiger partial charge in [0.2, 0.25) is 0 Å². The van der Waals surface area contributed by atoms with Crippen LogP contribution < -0.4 is 0 Å². The van der Waals surface area contributed by atoms with Crippen molar-refractivity contribution in [3.63, 3.8) is 0 Å². The maximum Gasteiger partial charge on any atom is 0.333 e. The second-order valence-corrected chi connectivity index (χ2v) is 8.80. The number of carbonyl (C=O) groups is 3. The molecule has 202 valence electrons. The van der Waals surface area contributed by atoms with Crippen molar-refractivity contribution in [2.75, 3.05) is 19.8 Å². The normalized spacial score (nSPS) is 9.91. The molecule has 0 spiro atoms. The fourth-order valence-corrected chi connectivity index (χ4v) is 2.95. The molecular formula is C29H50O6. The minimum absolute atomic E-state index is 0.305. The molecule has 0 aromatic rings. The van der Waals surface area contributed by atoms with Crippen LogP contribution in [0.1, 0.15) is 111 Å². The SMILES string of the molecule is C=C(C)C(=O)OCCCCCCOC(=O)C(=C)C.C=CC(=O)OCCCCCCCCCCCC. The lowest BCUT2D eigenvalue weighted by Gasteiger charge is -2.05. The van der Waals surface area contributed by atoms with Crippen molar-refractivity contribution >= 4 is 17.9 Å². The summed E-state index contributed by atoms with van der Waals surface area (Å²) < 4.78 is 14.8. The summed E-state index contributed by atoms with van der Waals surface area (Å²) in [6, 6.07) is 0. The second-order valence-electron chi connectivity index (χ2n) is 8.80. The zero-order valence-electron chi connectivity index (χ0n) is 22.7. The molecule has 0 fully saturated rings. The van der Waals surface area contributed by atoms with Crippen molar-refractivity contribution in [3.8, 4) is 0 Å². The molecule has 0 heterocycles. The van der Waals surface area contributed by atoms with Gasteiger partial charge in [-0.05, 0) is 46.0 Å². The molecule has 0 aromatic carbocycles. The largest absolute Gasteiger partial charge is 0.463 e. The van der Waals surface area contributed by atoms with E-state index in [2.05, 4.69) is 26.7 Å². The highest BCUT2D eigenvalue weighted by Crippen LogP contribution is 2.10. The quantitative estimate of drug-likeness (QED) is 0.0715. The molecule has 0 N–H and O–H groups in total. The molecule has 0 radical (unpaired) electrons. The van der Waals surface area contributed by atoms with E-state index in [1.807, 2.05) is 0 Å². The first-order valence-electron chi connectivity index (χ1n) is 13.2. The van der Waals surface area contributed by atoms with E-state index in [0.29, 0.717) is 31.0 Å². The topological polar surface area (TPSA) is 78.9 Å². The van der Waals surface area contributed by atoms with Crippen molar-refractivity contribution < 1.29 is 28.6 Å². The van der Waals surface area contributed by atoms with Gasteiger partial charge in [0.1, 0.15) is 0 Å². The number of rotatable bonds is 21. The van der Waals surface area contributed by atoms with Gasteiger partial charge in [0.25, 0.3) is 0 Å². The Hall–Kier alpha value is -2.37. The Bertz CT molecular complexity index is 576. The summed E-state index contributed by atoms with van der Waals surface area (Å²) in [7, 11) is 0. The molecule has 0 amide bonds. The zero-order chi connectivity index (χ0) is 26.7. The van der Waals surface area contributed by atoms with Gasteiger partial charge in [-0.25, -0.2) is 14.4 Å². The first-order chi connectivity index (χ1) is 16.8. The van der Waals surface area contributed by atoms with Crippen molar-refractivity contribution in [3.05, 3.63) is 37.0 Å². The number of unbranched alkanes of at least 4 members (excludes halogenated alkanes) is 12. The molecule has 0 unspecified atom stereocenters. The van der Waals surface area contributed by atoms with E-state index >= 15 is 0 Å². The molecule has 0 saturated carbocycles. The number of carbonyl (C=O) groups excluding carboxylic acids is 3. The van der Waals surface area contributed by atoms with Crippen LogP contribution in [0.15, 0.2) is 37.0 Å². The van der Waals surface area contributed by atoms with Gasteiger partial charge in [0.05, 0.1) is 19.8 Å². The number of ether oxygens (including phenoxy) is 3. The maximum atomic E-state index is 11.0. The van der Waals surface area contributed by atoms with Crippen LogP contribution in [0.25, 0.3) is 0 Å². The third kappa shape index (κ3) is 27.8. The average Bonchev–Trinajstić information content (AvgIpc) is 2.83. The summed E-state index contributed by atoms with van der Waals surface area (Å²) in [5.74, 6) is -0.989. The van der Waals surface area contributed by atoms with E-state index in [4.69, 9.17) is 14.2 Å². The summed E-state index contributed by atoms with van der Waals surface area (Å²) in [5.41, 5.74) is 0.836. The predicted molar refractivity (Wildman–Crippen MR) is 143 cm³/mol. The highest BCUT2D eigenvalue weighted by Gasteiger charge is 2.03. The molecule has 0 aliphatic carbocycles. The van der Waals surface area contributed by atoms with Crippen molar-refractivity contribution in [1.82, 2.24) is 0 Å². The van der Waals surface area contributed by atoms with Gasteiger partial charge in [0.15, 0.2) is 0 Å². The van der Waals surface area contributed by atoms with Crippen molar-refractivity contribution in [2.24, 2.45) is 0 Å². The van der Waals surface area contributed by atoms with E-state index in [1.165, 1.54) is 63.9 Å². The monoisotopic (exact) mass is 494 g/mol. The molecule has 0 atom stereocenters. The Morgan fingerprint density at radius 3 is 1.20 bits per heavy atom. The van der Waals surface area contributed by atoms with Gasteiger partial charge in [-0.3, -0.25) is 0 Å². The third-order valence-electron chi connectivity index (χ3n) is 5.11. The first-order valence-corrected chi connectivity index (χ1v) is 13.2. The van der Waals surface area contributed by atoms with Crippen molar-refractivity contribution in [2.45, 2.75) is 111 Å². The Morgan fingerprint density at radius 1 is 0.571 bits per heavy atom. The molecule has 0 aromatic heterocycles. The Morgan fingerprint density at radius 2 is 0.886 bits per heavy atom. The lowest BCUT2D eigenvalue weighted by Crippen LogP contribution is -2.07. The predicted octanol–water partition coefficient (Wildman–Crippen LogP) is 7.42. The number of hydrogen-bond acceptors (Lipinski definition) is 6. The van der Waals surface area contributed by atoms with E-state index in [9.17, 15) is 14.4 Å². The fraction of sp³-hybridized carbons (Fsp3) is 0.690. The lowest BCUT2D eigenvalue weighted by atomic mass is 10.1. The molecule has 35 heavy (non-hydrogen) atoms. The standard InChI is InChI=1S/C15H28O2.C14H22O4/c1-3-5-6-7-8-9-10-11-12-13-14-17-15(16)4-2;1-11(2)13(15)17-9-7-5-6-8-10-18-14(16)12(3)4/h4H,2-3,5-14H2,1H3;1,3,5-10H2,2,4H3. The third-order valence-corrected chi connectivity index (χ3v) is 5.11.